The predicted molar refractivity (Wildman–Crippen MR) is 193 cm³/mol. The summed E-state index contributed by atoms with van der Waals surface area (Å²) >= 11 is 0. The van der Waals surface area contributed by atoms with E-state index in [4.69, 9.17) is 15.0 Å². The van der Waals surface area contributed by atoms with Crippen LogP contribution in [0.4, 0.5) is 11.9 Å². The molecule has 2 fully saturated rings. The third kappa shape index (κ3) is 11.3. The standard InChI is InChI=1S/C37H72N8/c1-17-18-19-20-29(44(16)27-21-33(6,7)42-34(8,9)22-27)45(28-23-35(10,11)43-36(12,13)24-28)31-39-26(2)38-30(40-31)41-37(14,15)25-32(3,4)5/h27-29,42-43H,17-25H2,1-16H3,(H,38,39,40,41). The Morgan fingerprint density at radius 2 is 1.27 bits per heavy atom. The molecule has 45 heavy (non-hydrogen) atoms. The Morgan fingerprint density at radius 1 is 0.778 bits per heavy atom. The number of hydrogen-bond donors (Lipinski definition) is 3. The Kier molecular flexibility index (Phi) is 11.4. The highest BCUT2D eigenvalue weighted by molar-refractivity contribution is 5.41. The maximum absolute atomic E-state index is 5.29. The minimum absolute atomic E-state index is 0.00615. The summed E-state index contributed by atoms with van der Waals surface area (Å²) in [6, 6.07) is 0.727. The van der Waals surface area contributed by atoms with E-state index >= 15 is 0 Å². The van der Waals surface area contributed by atoms with Crippen LogP contribution in [0.3, 0.4) is 0 Å². The number of nitrogens with one attached hydrogen (secondary N) is 3. The minimum Gasteiger partial charge on any atom is -0.349 e. The molecule has 2 aliphatic heterocycles. The molecule has 1 aromatic rings. The van der Waals surface area contributed by atoms with Crippen molar-refractivity contribution in [3.8, 4) is 0 Å². The van der Waals surface area contributed by atoms with E-state index < -0.39 is 0 Å². The van der Waals surface area contributed by atoms with Crippen molar-refractivity contribution in [1.29, 1.82) is 0 Å². The summed E-state index contributed by atoms with van der Waals surface area (Å²) in [6.07, 6.45) is 10.2. The van der Waals surface area contributed by atoms with Crippen LogP contribution in [0, 0.1) is 12.3 Å². The van der Waals surface area contributed by atoms with Gasteiger partial charge in [-0.15, -0.1) is 0 Å². The van der Waals surface area contributed by atoms with E-state index in [1.807, 2.05) is 6.92 Å². The molecule has 1 atom stereocenters. The molecule has 8 heteroatoms. The molecule has 0 saturated carbocycles. The lowest BCUT2D eigenvalue weighted by Gasteiger charge is -2.55. The molecule has 0 radical (unpaired) electrons. The summed E-state index contributed by atoms with van der Waals surface area (Å²) in [6.45, 7) is 34.6. The second-order valence-corrected chi connectivity index (χ2v) is 19.2. The van der Waals surface area contributed by atoms with Crippen LogP contribution in [0.15, 0.2) is 0 Å². The van der Waals surface area contributed by atoms with Crippen molar-refractivity contribution in [2.24, 2.45) is 5.41 Å². The summed E-state index contributed by atoms with van der Waals surface area (Å²) in [7, 11) is 2.38. The fraction of sp³-hybridized carbons (Fsp3) is 0.919. The zero-order chi connectivity index (χ0) is 34.2. The van der Waals surface area contributed by atoms with E-state index in [9.17, 15) is 0 Å². The highest BCUT2D eigenvalue weighted by Gasteiger charge is 2.46. The van der Waals surface area contributed by atoms with Gasteiger partial charge in [-0.2, -0.15) is 15.0 Å². The number of aromatic nitrogens is 3. The van der Waals surface area contributed by atoms with Crippen molar-refractivity contribution < 1.29 is 0 Å². The average Bonchev–Trinajstić information content (AvgIpc) is 2.76. The molecular weight excluding hydrogens is 556 g/mol. The first-order valence-corrected chi connectivity index (χ1v) is 17.9. The van der Waals surface area contributed by atoms with Gasteiger partial charge in [0.1, 0.15) is 5.82 Å². The van der Waals surface area contributed by atoms with E-state index in [0.717, 1.165) is 50.3 Å². The Hall–Kier alpha value is -1.51. The molecule has 0 amide bonds. The van der Waals surface area contributed by atoms with Gasteiger partial charge in [0.2, 0.25) is 11.9 Å². The van der Waals surface area contributed by atoms with Gasteiger partial charge in [0.25, 0.3) is 0 Å². The molecule has 2 aliphatic rings. The molecule has 0 spiro atoms. The number of rotatable bonds is 12. The number of nitrogens with zero attached hydrogens (tertiary/aromatic N) is 5. The Labute approximate surface area is 278 Å². The first-order chi connectivity index (χ1) is 20.3. The van der Waals surface area contributed by atoms with Crippen molar-refractivity contribution in [1.82, 2.24) is 30.5 Å². The van der Waals surface area contributed by atoms with Crippen LogP contribution in [0.5, 0.6) is 0 Å². The molecule has 3 rings (SSSR count). The van der Waals surface area contributed by atoms with Crippen LogP contribution in [-0.2, 0) is 0 Å². The Bertz CT molecular complexity index is 1080. The van der Waals surface area contributed by atoms with Crippen molar-refractivity contribution in [3.05, 3.63) is 5.82 Å². The van der Waals surface area contributed by atoms with Gasteiger partial charge in [0, 0.05) is 39.8 Å². The average molecular weight is 629 g/mol. The lowest BCUT2D eigenvalue weighted by Crippen LogP contribution is -2.67. The molecule has 260 valence electrons. The van der Waals surface area contributed by atoms with Gasteiger partial charge in [-0.3, -0.25) is 4.90 Å². The third-order valence-electron chi connectivity index (χ3n) is 9.55. The van der Waals surface area contributed by atoms with E-state index in [1.54, 1.807) is 0 Å². The van der Waals surface area contributed by atoms with Crippen LogP contribution in [-0.4, -0.2) is 72.8 Å². The molecule has 8 nitrogen and oxygen atoms in total. The lowest BCUT2D eigenvalue weighted by atomic mass is 9.78. The first kappa shape index (κ1) is 37.9. The highest BCUT2D eigenvalue weighted by Crippen LogP contribution is 2.39. The van der Waals surface area contributed by atoms with E-state index in [-0.39, 0.29) is 45.3 Å². The van der Waals surface area contributed by atoms with Gasteiger partial charge in [-0.1, -0.05) is 47.0 Å². The normalized spacial score (nSPS) is 22.8. The number of hydrogen-bond acceptors (Lipinski definition) is 8. The minimum atomic E-state index is -0.156. The summed E-state index contributed by atoms with van der Waals surface area (Å²) < 4.78 is 0. The SMILES string of the molecule is CCCCCC(N(C)C1CC(C)(C)NC(C)(C)C1)N(c1nc(C)nc(NC(C)(C)CC(C)(C)C)n1)C1CC(C)(C)NC(C)(C)C1. The zero-order valence-electron chi connectivity index (χ0n) is 32.3. The molecule has 3 N–H and O–H groups in total. The van der Waals surface area contributed by atoms with Gasteiger partial charge in [0.05, 0.1) is 6.17 Å². The first-order valence-electron chi connectivity index (χ1n) is 17.9. The maximum Gasteiger partial charge on any atom is 0.231 e. The molecule has 2 saturated heterocycles. The molecule has 3 heterocycles. The number of piperidine rings is 2. The van der Waals surface area contributed by atoms with Crippen LogP contribution < -0.4 is 20.9 Å². The highest BCUT2D eigenvalue weighted by atomic mass is 15.4. The van der Waals surface area contributed by atoms with Crippen LogP contribution >= 0.6 is 0 Å². The van der Waals surface area contributed by atoms with Crippen LogP contribution in [0.1, 0.15) is 161 Å². The quantitative estimate of drug-likeness (QED) is 0.158. The second kappa shape index (κ2) is 13.5. The van der Waals surface area contributed by atoms with Crippen molar-refractivity contribution in [2.45, 2.75) is 208 Å². The molecule has 0 aromatic carbocycles. The van der Waals surface area contributed by atoms with Crippen molar-refractivity contribution >= 4 is 11.9 Å². The topological polar surface area (TPSA) is 81.2 Å². The van der Waals surface area contributed by atoms with Crippen molar-refractivity contribution in [2.75, 3.05) is 17.3 Å². The molecule has 0 bridgehead atoms. The molecule has 1 aromatic heterocycles. The molecule has 0 aliphatic carbocycles. The Balaban J connectivity index is 2.16. The molecular formula is C37H72N8. The third-order valence-corrected chi connectivity index (χ3v) is 9.55. The van der Waals surface area contributed by atoms with Crippen molar-refractivity contribution in [3.63, 3.8) is 0 Å². The van der Waals surface area contributed by atoms with Crippen LogP contribution in [0.25, 0.3) is 0 Å². The monoisotopic (exact) mass is 629 g/mol. The molecule has 1 unspecified atom stereocenters. The van der Waals surface area contributed by atoms with E-state index in [1.165, 1.54) is 19.3 Å². The number of unbranched alkanes of at least 4 members (excludes halogenated alkanes) is 2. The largest absolute Gasteiger partial charge is 0.349 e. The van der Waals surface area contributed by atoms with Gasteiger partial charge in [-0.25, -0.2) is 0 Å². The Morgan fingerprint density at radius 3 is 1.73 bits per heavy atom. The number of anilines is 2. The maximum atomic E-state index is 5.29. The van der Waals surface area contributed by atoms with Crippen LogP contribution in [0.2, 0.25) is 0 Å². The fourth-order valence-corrected chi connectivity index (χ4v) is 9.23. The summed E-state index contributed by atoms with van der Waals surface area (Å²) in [4.78, 5) is 20.6. The summed E-state index contributed by atoms with van der Waals surface area (Å²) in [5.41, 5.74) is 0.149. The van der Waals surface area contributed by atoms with Gasteiger partial charge in [0.15, 0.2) is 0 Å². The van der Waals surface area contributed by atoms with E-state index in [2.05, 4.69) is 130 Å². The summed E-state index contributed by atoms with van der Waals surface area (Å²) in [5.74, 6) is 2.27. The van der Waals surface area contributed by atoms with E-state index in [0.29, 0.717) is 12.0 Å². The van der Waals surface area contributed by atoms with Gasteiger partial charge < -0.3 is 20.9 Å². The smallest absolute Gasteiger partial charge is 0.231 e. The predicted octanol–water partition coefficient (Wildman–Crippen LogP) is 8.07. The lowest BCUT2D eigenvalue weighted by molar-refractivity contribution is 0.0436. The van der Waals surface area contributed by atoms with Gasteiger partial charge >= 0.3 is 0 Å². The second-order valence-electron chi connectivity index (χ2n) is 19.2. The van der Waals surface area contributed by atoms with Gasteiger partial charge in [-0.05, 0) is 127 Å². The fourth-order valence-electron chi connectivity index (χ4n) is 9.23. The number of aryl methyl sites for hydroxylation is 1. The zero-order valence-corrected chi connectivity index (χ0v) is 32.3. The summed E-state index contributed by atoms with van der Waals surface area (Å²) in [5, 5.41) is 11.6.